The number of hydrogen-bond donors (Lipinski definition) is 1. The van der Waals surface area contributed by atoms with Gasteiger partial charge in [-0.15, -0.1) is 0 Å². The minimum absolute atomic E-state index is 0.138. The molecule has 2 aromatic rings. The van der Waals surface area contributed by atoms with Gasteiger partial charge >= 0.3 is 0 Å². The van der Waals surface area contributed by atoms with Crippen LogP contribution in [0.5, 0.6) is 11.5 Å². The second kappa shape index (κ2) is 11.2. The standard InChI is InChI=1S/C24H32N2O4/c1-6-25-24(28)18(4)26(15-19-7-11-21(29-5)12-8-19)23(27)16-30-22-13-9-20(10-14-22)17(2)3/h7-14,17-18H,6,15-16H2,1-5H3,(H,25,28). The van der Waals surface area contributed by atoms with Crippen LogP contribution < -0.4 is 14.8 Å². The largest absolute Gasteiger partial charge is 0.497 e. The molecule has 0 aliphatic carbocycles. The van der Waals surface area contributed by atoms with Gasteiger partial charge < -0.3 is 19.7 Å². The van der Waals surface area contributed by atoms with Crippen molar-refractivity contribution < 1.29 is 19.1 Å². The summed E-state index contributed by atoms with van der Waals surface area (Å²) in [6, 6.07) is 14.5. The van der Waals surface area contributed by atoms with Crippen LogP contribution in [0.15, 0.2) is 48.5 Å². The van der Waals surface area contributed by atoms with Crippen molar-refractivity contribution in [1.29, 1.82) is 0 Å². The van der Waals surface area contributed by atoms with Crippen LogP contribution in [0.1, 0.15) is 44.7 Å². The summed E-state index contributed by atoms with van der Waals surface area (Å²) >= 11 is 0. The van der Waals surface area contributed by atoms with Crippen molar-refractivity contribution in [3.05, 3.63) is 59.7 Å². The number of likely N-dealkylation sites (N-methyl/N-ethyl adjacent to an activating group) is 1. The predicted octanol–water partition coefficient (Wildman–Crippen LogP) is 3.75. The maximum Gasteiger partial charge on any atom is 0.261 e. The van der Waals surface area contributed by atoms with Gasteiger partial charge in [0.25, 0.3) is 5.91 Å². The fourth-order valence-corrected chi connectivity index (χ4v) is 3.01. The molecule has 2 amide bonds. The van der Waals surface area contributed by atoms with E-state index in [1.165, 1.54) is 10.5 Å². The van der Waals surface area contributed by atoms with Crippen LogP contribution in [0.4, 0.5) is 0 Å². The van der Waals surface area contributed by atoms with Crippen molar-refractivity contribution >= 4 is 11.8 Å². The zero-order valence-electron chi connectivity index (χ0n) is 18.5. The molecule has 2 aromatic carbocycles. The molecule has 6 heteroatoms. The smallest absolute Gasteiger partial charge is 0.261 e. The van der Waals surface area contributed by atoms with Gasteiger partial charge in [-0.2, -0.15) is 0 Å². The van der Waals surface area contributed by atoms with E-state index < -0.39 is 6.04 Å². The first kappa shape index (κ1) is 23.3. The molecule has 0 aliphatic heterocycles. The Balaban J connectivity index is 2.10. The van der Waals surface area contributed by atoms with E-state index >= 15 is 0 Å². The van der Waals surface area contributed by atoms with Crippen LogP contribution in [0.25, 0.3) is 0 Å². The molecular formula is C24H32N2O4. The van der Waals surface area contributed by atoms with Crippen molar-refractivity contribution in [3.8, 4) is 11.5 Å². The number of carbonyl (C=O) groups is 2. The second-order valence-corrected chi connectivity index (χ2v) is 7.45. The van der Waals surface area contributed by atoms with Gasteiger partial charge in [0.1, 0.15) is 17.5 Å². The highest BCUT2D eigenvalue weighted by atomic mass is 16.5. The summed E-state index contributed by atoms with van der Waals surface area (Å²) in [7, 11) is 1.60. The molecule has 0 heterocycles. The van der Waals surface area contributed by atoms with Crippen molar-refractivity contribution in [2.24, 2.45) is 0 Å². The van der Waals surface area contributed by atoms with Crippen LogP contribution in [-0.4, -0.2) is 43.0 Å². The number of carbonyl (C=O) groups excluding carboxylic acids is 2. The summed E-state index contributed by atoms with van der Waals surface area (Å²) in [5.41, 5.74) is 2.11. The number of nitrogens with one attached hydrogen (secondary N) is 1. The van der Waals surface area contributed by atoms with Crippen LogP contribution >= 0.6 is 0 Å². The Labute approximate surface area is 179 Å². The summed E-state index contributed by atoms with van der Waals surface area (Å²) in [5.74, 6) is 1.35. The van der Waals surface area contributed by atoms with Crippen LogP contribution in [0.2, 0.25) is 0 Å². The number of nitrogens with zero attached hydrogens (tertiary/aromatic N) is 1. The van der Waals surface area contributed by atoms with E-state index in [1.807, 2.05) is 55.5 Å². The Morgan fingerprint density at radius 2 is 1.57 bits per heavy atom. The maximum absolute atomic E-state index is 13.0. The summed E-state index contributed by atoms with van der Waals surface area (Å²) in [6.07, 6.45) is 0. The van der Waals surface area contributed by atoms with Gasteiger partial charge in [-0.25, -0.2) is 0 Å². The molecule has 6 nitrogen and oxygen atoms in total. The molecule has 1 N–H and O–H groups in total. The van der Waals surface area contributed by atoms with Crippen LogP contribution in [0, 0.1) is 0 Å². The quantitative estimate of drug-likeness (QED) is 0.645. The Hall–Kier alpha value is -3.02. The molecule has 0 aliphatic rings. The highest BCUT2D eigenvalue weighted by Crippen LogP contribution is 2.19. The fourth-order valence-electron chi connectivity index (χ4n) is 3.01. The lowest BCUT2D eigenvalue weighted by atomic mass is 10.0. The molecular weight excluding hydrogens is 380 g/mol. The van der Waals surface area contributed by atoms with E-state index in [2.05, 4.69) is 19.2 Å². The SMILES string of the molecule is CCNC(=O)C(C)N(Cc1ccc(OC)cc1)C(=O)COc1ccc(C(C)C)cc1. The van der Waals surface area contributed by atoms with Gasteiger partial charge in [-0.05, 0) is 55.2 Å². The van der Waals surface area contributed by atoms with E-state index in [0.717, 1.165) is 11.3 Å². The maximum atomic E-state index is 13.0. The van der Waals surface area contributed by atoms with Crippen molar-refractivity contribution in [2.45, 2.75) is 46.2 Å². The van der Waals surface area contributed by atoms with Gasteiger partial charge in [-0.1, -0.05) is 38.1 Å². The van der Waals surface area contributed by atoms with E-state index in [1.54, 1.807) is 14.0 Å². The molecule has 0 spiro atoms. The summed E-state index contributed by atoms with van der Waals surface area (Å²) in [6.45, 7) is 8.50. The van der Waals surface area contributed by atoms with Gasteiger partial charge in [-0.3, -0.25) is 9.59 Å². The number of ether oxygens (including phenoxy) is 2. The molecule has 2 rings (SSSR count). The molecule has 0 radical (unpaired) electrons. The zero-order chi connectivity index (χ0) is 22.1. The Morgan fingerprint density at radius 3 is 2.10 bits per heavy atom. The number of rotatable bonds is 10. The zero-order valence-corrected chi connectivity index (χ0v) is 18.5. The monoisotopic (exact) mass is 412 g/mol. The van der Waals surface area contributed by atoms with Crippen molar-refractivity contribution in [2.75, 3.05) is 20.3 Å². The second-order valence-electron chi connectivity index (χ2n) is 7.45. The first-order valence-electron chi connectivity index (χ1n) is 10.3. The lowest BCUT2D eigenvalue weighted by Crippen LogP contribution is -2.49. The molecule has 1 unspecified atom stereocenters. The molecule has 0 aromatic heterocycles. The third-order valence-electron chi connectivity index (χ3n) is 4.94. The molecule has 0 saturated carbocycles. The lowest BCUT2D eigenvalue weighted by Gasteiger charge is -2.28. The average Bonchev–Trinajstić information content (AvgIpc) is 2.76. The van der Waals surface area contributed by atoms with Gasteiger partial charge in [0.05, 0.1) is 7.11 Å². The number of methoxy groups -OCH3 is 1. The third-order valence-corrected chi connectivity index (χ3v) is 4.94. The Morgan fingerprint density at radius 1 is 0.967 bits per heavy atom. The molecule has 0 fully saturated rings. The highest BCUT2D eigenvalue weighted by molar-refractivity contribution is 5.87. The van der Waals surface area contributed by atoms with Crippen LogP contribution in [0.3, 0.4) is 0 Å². The lowest BCUT2D eigenvalue weighted by molar-refractivity contribution is -0.142. The number of amides is 2. The van der Waals surface area contributed by atoms with E-state index in [4.69, 9.17) is 9.47 Å². The first-order valence-corrected chi connectivity index (χ1v) is 10.3. The molecule has 30 heavy (non-hydrogen) atoms. The van der Waals surface area contributed by atoms with Gasteiger partial charge in [0.2, 0.25) is 5.91 Å². The summed E-state index contributed by atoms with van der Waals surface area (Å²) in [4.78, 5) is 26.9. The van der Waals surface area contributed by atoms with Crippen molar-refractivity contribution in [1.82, 2.24) is 10.2 Å². The first-order chi connectivity index (χ1) is 14.3. The molecule has 1 atom stereocenters. The molecule has 0 saturated heterocycles. The molecule has 162 valence electrons. The van der Waals surface area contributed by atoms with Crippen molar-refractivity contribution in [3.63, 3.8) is 0 Å². The van der Waals surface area contributed by atoms with E-state index in [9.17, 15) is 9.59 Å². The highest BCUT2D eigenvalue weighted by Gasteiger charge is 2.26. The van der Waals surface area contributed by atoms with Crippen LogP contribution in [-0.2, 0) is 16.1 Å². The third kappa shape index (κ3) is 6.51. The normalized spacial score (nSPS) is 11.7. The summed E-state index contributed by atoms with van der Waals surface area (Å²) in [5, 5.41) is 2.78. The van der Waals surface area contributed by atoms with E-state index in [0.29, 0.717) is 24.8 Å². The minimum atomic E-state index is -0.619. The van der Waals surface area contributed by atoms with E-state index in [-0.39, 0.29) is 18.4 Å². The van der Waals surface area contributed by atoms with Gasteiger partial charge in [0, 0.05) is 13.1 Å². The summed E-state index contributed by atoms with van der Waals surface area (Å²) < 4.78 is 10.9. The fraction of sp³-hybridized carbons (Fsp3) is 0.417. The number of hydrogen-bond acceptors (Lipinski definition) is 4. The average molecular weight is 413 g/mol. The van der Waals surface area contributed by atoms with Gasteiger partial charge in [0.15, 0.2) is 6.61 Å². The number of benzene rings is 2. The Kier molecular flexibility index (Phi) is 8.71. The predicted molar refractivity (Wildman–Crippen MR) is 118 cm³/mol. The minimum Gasteiger partial charge on any atom is -0.497 e. The molecule has 0 bridgehead atoms. The topological polar surface area (TPSA) is 67.9 Å². The Bertz CT molecular complexity index is 816.